The average Bonchev–Trinajstić information content (AvgIpc) is 2.77. The summed E-state index contributed by atoms with van der Waals surface area (Å²) in [4.78, 5) is 11.9. The lowest BCUT2D eigenvalue weighted by molar-refractivity contribution is 0.102. The van der Waals surface area contributed by atoms with Crippen LogP contribution < -0.4 is 11.1 Å². The topological polar surface area (TPSA) is 102 Å². The molecule has 0 aliphatic heterocycles. The van der Waals surface area contributed by atoms with Crippen molar-refractivity contribution in [2.75, 3.05) is 11.1 Å². The van der Waals surface area contributed by atoms with Gasteiger partial charge in [-0.3, -0.25) is 14.6 Å². The van der Waals surface area contributed by atoms with Gasteiger partial charge in [0.05, 0.1) is 23.1 Å². The Morgan fingerprint density at radius 1 is 1.53 bits per heavy atom. The number of aryl methyl sites for hydroxylation is 2. The number of amides is 1. The van der Waals surface area contributed by atoms with Gasteiger partial charge in [0.15, 0.2) is 5.82 Å². The Morgan fingerprint density at radius 3 is 2.71 bits per heavy atom. The van der Waals surface area contributed by atoms with E-state index in [2.05, 4.69) is 20.6 Å². The van der Waals surface area contributed by atoms with Crippen molar-refractivity contribution in [3.8, 4) is 0 Å². The van der Waals surface area contributed by atoms with Crippen molar-refractivity contribution in [3.05, 3.63) is 23.1 Å². The van der Waals surface area contributed by atoms with Crippen molar-refractivity contribution in [2.45, 2.75) is 13.8 Å². The van der Waals surface area contributed by atoms with E-state index in [1.807, 2.05) is 6.92 Å². The van der Waals surface area contributed by atoms with Gasteiger partial charge in [0.25, 0.3) is 5.91 Å². The zero-order valence-corrected chi connectivity index (χ0v) is 9.90. The van der Waals surface area contributed by atoms with Crippen molar-refractivity contribution in [1.82, 2.24) is 20.0 Å². The van der Waals surface area contributed by atoms with E-state index in [0.29, 0.717) is 17.1 Å². The summed E-state index contributed by atoms with van der Waals surface area (Å²) in [5, 5.41) is 13.3. The molecule has 2 aromatic rings. The second-order valence-electron chi connectivity index (χ2n) is 3.83. The number of nitrogens with zero attached hydrogens (tertiary/aromatic N) is 3. The van der Waals surface area contributed by atoms with Crippen molar-refractivity contribution in [1.29, 1.82) is 0 Å². The first kappa shape index (κ1) is 11.2. The molecule has 0 bridgehead atoms. The van der Waals surface area contributed by atoms with Gasteiger partial charge in [0, 0.05) is 12.7 Å². The largest absolute Gasteiger partial charge is 0.394 e. The third kappa shape index (κ3) is 1.86. The zero-order valence-electron chi connectivity index (χ0n) is 9.90. The van der Waals surface area contributed by atoms with E-state index in [1.165, 1.54) is 6.20 Å². The molecule has 0 saturated heterocycles. The van der Waals surface area contributed by atoms with Crippen LogP contribution in [0, 0.1) is 13.8 Å². The molecule has 0 radical (unpaired) electrons. The molecule has 17 heavy (non-hydrogen) atoms. The average molecular weight is 234 g/mol. The molecule has 4 N–H and O–H groups in total. The van der Waals surface area contributed by atoms with Crippen molar-refractivity contribution in [2.24, 2.45) is 7.05 Å². The molecule has 2 heterocycles. The molecule has 0 aliphatic carbocycles. The Kier molecular flexibility index (Phi) is 2.58. The second kappa shape index (κ2) is 3.93. The quantitative estimate of drug-likeness (QED) is 0.707. The number of rotatable bonds is 2. The highest BCUT2D eigenvalue weighted by molar-refractivity contribution is 6.05. The summed E-state index contributed by atoms with van der Waals surface area (Å²) in [6, 6.07) is 0. The smallest absolute Gasteiger partial charge is 0.260 e. The standard InChI is InChI=1S/C10H14N6O/c1-5-8(11)9(15-14-5)13-10(17)7-4-12-16(3)6(7)2/h4H,11H2,1-3H3,(H2,13,14,15,17). The molecule has 0 saturated carbocycles. The highest BCUT2D eigenvalue weighted by Gasteiger charge is 2.15. The number of anilines is 2. The van der Waals surface area contributed by atoms with Gasteiger partial charge in [0.2, 0.25) is 0 Å². The van der Waals surface area contributed by atoms with E-state index in [4.69, 9.17) is 5.73 Å². The van der Waals surface area contributed by atoms with Crippen LogP contribution in [-0.2, 0) is 7.05 Å². The molecule has 0 unspecified atom stereocenters. The van der Waals surface area contributed by atoms with Gasteiger partial charge in [-0.25, -0.2) is 0 Å². The number of nitrogen functional groups attached to an aromatic ring is 1. The van der Waals surface area contributed by atoms with Gasteiger partial charge >= 0.3 is 0 Å². The summed E-state index contributed by atoms with van der Waals surface area (Å²) in [5.41, 5.74) is 8.20. The van der Waals surface area contributed by atoms with E-state index in [0.717, 1.165) is 11.4 Å². The van der Waals surface area contributed by atoms with Crippen LogP contribution in [0.15, 0.2) is 6.20 Å². The maximum atomic E-state index is 11.9. The minimum absolute atomic E-state index is 0.270. The van der Waals surface area contributed by atoms with Crippen molar-refractivity contribution >= 4 is 17.4 Å². The van der Waals surface area contributed by atoms with E-state index in [9.17, 15) is 4.79 Å². The van der Waals surface area contributed by atoms with E-state index < -0.39 is 0 Å². The summed E-state index contributed by atoms with van der Waals surface area (Å²) < 4.78 is 1.63. The van der Waals surface area contributed by atoms with Gasteiger partial charge < -0.3 is 11.1 Å². The van der Waals surface area contributed by atoms with Crippen LogP contribution in [0.25, 0.3) is 0 Å². The predicted molar refractivity (Wildman–Crippen MR) is 63.6 cm³/mol. The number of carbonyl (C=O) groups excluding carboxylic acids is 1. The molecule has 90 valence electrons. The number of hydrogen-bond donors (Lipinski definition) is 3. The molecular formula is C10H14N6O. The molecule has 0 aliphatic rings. The summed E-state index contributed by atoms with van der Waals surface area (Å²) in [5.74, 6) is 0.0737. The number of carbonyl (C=O) groups is 1. The minimum Gasteiger partial charge on any atom is -0.394 e. The van der Waals surface area contributed by atoms with Gasteiger partial charge in [-0.15, -0.1) is 0 Å². The van der Waals surface area contributed by atoms with Crippen LogP contribution in [0.4, 0.5) is 11.5 Å². The molecule has 7 nitrogen and oxygen atoms in total. The molecule has 0 aromatic carbocycles. The van der Waals surface area contributed by atoms with Gasteiger partial charge in [-0.1, -0.05) is 0 Å². The fourth-order valence-electron chi connectivity index (χ4n) is 1.43. The summed E-state index contributed by atoms with van der Waals surface area (Å²) in [6.45, 7) is 3.61. The molecule has 7 heteroatoms. The number of hydrogen-bond acceptors (Lipinski definition) is 4. The van der Waals surface area contributed by atoms with Crippen LogP contribution in [0.5, 0.6) is 0 Å². The molecule has 1 amide bonds. The molecule has 0 spiro atoms. The third-order valence-electron chi connectivity index (χ3n) is 2.71. The lowest BCUT2D eigenvalue weighted by Gasteiger charge is -2.02. The Hall–Kier alpha value is -2.31. The third-order valence-corrected chi connectivity index (χ3v) is 2.71. The highest BCUT2D eigenvalue weighted by atomic mass is 16.1. The molecular weight excluding hydrogens is 220 g/mol. The minimum atomic E-state index is -0.270. The first-order valence-corrected chi connectivity index (χ1v) is 5.11. The molecule has 0 fully saturated rings. The van der Waals surface area contributed by atoms with Crippen LogP contribution >= 0.6 is 0 Å². The lowest BCUT2D eigenvalue weighted by Crippen LogP contribution is -2.14. The summed E-state index contributed by atoms with van der Waals surface area (Å²) in [6.07, 6.45) is 1.51. The van der Waals surface area contributed by atoms with E-state index in [1.54, 1.807) is 18.7 Å². The fourth-order valence-corrected chi connectivity index (χ4v) is 1.43. The molecule has 2 aromatic heterocycles. The maximum absolute atomic E-state index is 11.9. The van der Waals surface area contributed by atoms with Gasteiger partial charge in [-0.05, 0) is 13.8 Å². The van der Waals surface area contributed by atoms with Crippen LogP contribution in [0.2, 0.25) is 0 Å². The Labute approximate surface area is 98.0 Å². The first-order chi connectivity index (χ1) is 8.00. The van der Waals surface area contributed by atoms with E-state index >= 15 is 0 Å². The number of nitrogens with two attached hydrogens (primary N) is 1. The summed E-state index contributed by atoms with van der Waals surface area (Å²) >= 11 is 0. The van der Waals surface area contributed by atoms with Gasteiger partial charge in [-0.2, -0.15) is 10.2 Å². The predicted octanol–water partition coefficient (Wildman–Crippen LogP) is 0.595. The number of aromatic amines is 1. The Morgan fingerprint density at radius 2 is 2.24 bits per heavy atom. The number of H-pyrrole nitrogens is 1. The Bertz CT molecular complexity index is 567. The van der Waals surface area contributed by atoms with Crippen LogP contribution in [0.1, 0.15) is 21.7 Å². The SMILES string of the molecule is Cc1[nH]nc(NC(=O)c2cnn(C)c2C)c1N. The Balaban J connectivity index is 2.23. The normalized spacial score (nSPS) is 10.5. The monoisotopic (exact) mass is 234 g/mol. The summed E-state index contributed by atoms with van der Waals surface area (Å²) in [7, 11) is 1.78. The number of nitrogens with one attached hydrogen (secondary N) is 2. The molecule has 2 rings (SSSR count). The van der Waals surface area contributed by atoms with Crippen molar-refractivity contribution in [3.63, 3.8) is 0 Å². The molecule has 0 atom stereocenters. The van der Waals surface area contributed by atoms with Crippen LogP contribution in [0.3, 0.4) is 0 Å². The number of aromatic nitrogens is 4. The highest BCUT2D eigenvalue weighted by Crippen LogP contribution is 2.19. The first-order valence-electron chi connectivity index (χ1n) is 5.11. The fraction of sp³-hybridized carbons (Fsp3) is 0.300. The second-order valence-corrected chi connectivity index (χ2v) is 3.83. The zero-order chi connectivity index (χ0) is 12.6. The van der Waals surface area contributed by atoms with E-state index in [-0.39, 0.29) is 5.91 Å². The van der Waals surface area contributed by atoms with Crippen LogP contribution in [-0.4, -0.2) is 25.9 Å². The maximum Gasteiger partial charge on any atom is 0.260 e. The lowest BCUT2D eigenvalue weighted by atomic mass is 10.2. The van der Waals surface area contributed by atoms with Crippen molar-refractivity contribution < 1.29 is 4.79 Å². The van der Waals surface area contributed by atoms with Gasteiger partial charge in [0.1, 0.15) is 0 Å².